The minimum Gasteiger partial charge on any atom is -0.447 e. The van der Waals surface area contributed by atoms with Crippen LogP contribution in [0.15, 0.2) is 21.6 Å². The van der Waals surface area contributed by atoms with Gasteiger partial charge >= 0.3 is 0 Å². The van der Waals surface area contributed by atoms with Crippen molar-refractivity contribution in [3.05, 3.63) is 17.9 Å². The van der Waals surface area contributed by atoms with E-state index in [0.717, 1.165) is 0 Å². The lowest BCUT2D eigenvalue weighted by Crippen LogP contribution is -2.23. The molecule has 1 fully saturated rings. The number of nitrogens with one attached hydrogen (secondary N) is 1. The number of nitrogens with two attached hydrogens (primary N) is 1. The Morgan fingerprint density at radius 2 is 2.16 bits per heavy atom. The molecule has 0 amide bonds. The predicted molar refractivity (Wildman–Crippen MR) is 68.5 cm³/mol. The quantitative estimate of drug-likeness (QED) is 0.753. The Kier molecular flexibility index (Phi) is 4.00. The summed E-state index contributed by atoms with van der Waals surface area (Å²) in [5.41, 5.74) is 0. The van der Waals surface area contributed by atoms with Crippen LogP contribution in [0.5, 0.6) is 0 Å². The Morgan fingerprint density at radius 3 is 2.68 bits per heavy atom. The van der Waals surface area contributed by atoms with E-state index in [0.29, 0.717) is 25.3 Å². The summed E-state index contributed by atoms with van der Waals surface area (Å²) in [6, 6.07) is 2.82. The Labute approximate surface area is 112 Å². The van der Waals surface area contributed by atoms with Gasteiger partial charge in [-0.05, 0) is 31.0 Å². The third-order valence-corrected chi connectivity index (χ3v) is 5.59. The van der Waals surface area contributed by atoms with E-state index >= 15 is 0 Å². The number of hydrogen-bond donors (Lipinski definition) is 2. The molecule has 1 aromatic rings. The monoisotopic (exact) mass is 308 g/mol. The molecule has 2 rings (SSSR count). The second kappa shape index (κ2) is 5.23. The molecular formula is C10H16N2O5S2. The number of furan rings is 1. The van der Waals surface area contributed by atoms with Gasteiger partial charge < -0.3 is 9.73 Å². The molecule has 1 aliphatic heterocycles. The molecule has 7 nitrogen and oxygen atoms in total. The van der Waals surface area contributed by atoms with Crippen LogP contribution >= 0.6 is 0 Å². The lowest BCUT2D eigenvalue weighted by Gasteiger charge is -2.07. The molecule has 0 spiro atoms. The summed E-state index contributed by atoms with van der Waals surface area (Å²) >= 11 is 0. The molecule has 19 heavy (non-hydrogen) atoms. The van der Waals surface area contributed by atoms with Gasteiger partial charge in [0.05, 0.1) is 18.1 Å². The van der Waals surface area contributed by atoms with Crippen LogP contribution in [0, 0.1) is 5.92 Å². The molecule has 0 bridgehead atoms. The standard InChI is InChI=1S/C10H16N2O5S2/c11-19(15,16)10-2-1-9(17-10)6-12-5-8-3-4-18(13,14)7-8/h1-2,8,12H,3-7H2,(H2,11,15,16). The SMILES string of the molecule is NS(=O)(=O)c1ccc(CNCC2CCS(=O)(=O)C2)o1. The molecule has 0 radical (unpaired) electrons. The second-order valence-electron chi connectivity index (χ2n) is 4.67. The zero-order valence-electron chi connectivity index (χ0n) is 10.2. The van der Waals surface area contributed by atoms with E-state index in [9.17, 15) is 16.8 Å². The van der Waals surface area contributed by atoms with Gasteiger partial charge in [-0.3, -0.25) is 0 Å². The van der Waals surface area contributed by atoms with E-state index in [4.69, 9.17) is 9.56 Å². The Morgan fingerprint density at radius 1 is 1.42 bits per heavy atom. The highest BCUT2D eigenvalue weighted by molar-refractivity contribution is 7.91. The third kappa shape index (κ3) is 4.03. The zero-order valence-corrected chi connectivity index (χ0v) is 11.8. The molecule has 0 aliphatic carbocycles. The smallest absolute Gasteiger partial charge is 0.271 e. The van der Waals surface area contributed by atoms with Crippen molar-refractivity contribution in [2.75, 3.05) is 18.1 Å². The van der Waals surface area contributed by atoms with Crippen LogP contribution in [0.1, 0.15) is 12.2 Å². The predicted octanol–water partition coefficient (Wildman–Crippen LogP) is -0.549. The van der Waals surface area contributed by atoms with Gasteiger partial charge in [0, 0.05) is 0 Å². The fraction of sp³-hybridized carbons (Fsp3) is 0.600. The van der Waals surface area contributed by atoms with Crippen molar-refractivity contribution in [3.8, 4) is 0 Å². The van der Waals surface area contributed by atoms with Gasteiger partial charge in [-0.1, -0.05) is 0 Å². The van der Waals surface area contributed by atoms with Crippen molar-refractivity contribution in [2.24, 2.45) is 11.1 Å². The molecule has 3 N–H and O–H groups in total. The van der Waals surface area contributed by atoms with Crippen LogP contribution in [-0.2, 0) is 26.4 Å². The average Bonchev–Trinajstić information content (AvgIpc) is 2.85. The number of sulfonamides is 1. The third-order valence-electron chi connectivity index (χ3n) is 2.98. The van der Waals surface area contributed by atoms with Crippen molar-refractivity contribution in [3.63, 3.8) is 0 Å². The molecule has 1 unspecified atom stereocenters. The summed E-state index contributed by atoms with van der Waals surface area (Å²) < 4.78 is 49.6. The summed E-state index contributed by atoms with van der Waals surface area (Å²) in [6.07, 6.45) is 0.663. The minimum atomic E-state index is -3.81. The van der Waals surface area contributed by atoms with Gasteiger partial charge in [-0.15, -0.1) is 0 Å². The number of primary sulfonamides is 1. The number of hydrogen-bond acceptors (Lipinski definition) is 6. The molecule has 2 heterocycles. The first-order valence-corrected chi connectivity index (χ1v) is 9.16. The first-order valence-electron chi connectivity index (χ1n) is 5.79. The van der Waals surface area contributed by atoms with Crippen molar-refractivity contribution >= 4 is 19.9 Å². The zero-order chi connectivity index (χ0) is 14.1. The molecule has 1 atom stereocenters. The molecule has 1 saturated heterocycles. The van der Waals surface area contributed by atoms with Crippen LogP contribution in [0.3, 0.4) is 0 Å². The first-order chi connectivity index (χ1) is 8.76. The number of sulfone groups is 1. The van der Waals surface area contributed by atoms with E-state index in [1.807, 2.05) is 0 Å². The Bertz CT molecular complexity index is 647. The Balaban J connectivity index is 1.82. The highest BCUT2D eigenvalue weighted by Gasteiger charge is 2.27. The molecule has 9 heteroatoms. The maximum Gasteiger partial charge on any atom is 0.271 e. The highest BCUT2D eigenvalue weighted by atomic mass is 32.2. The van der Waals surface area contributed by atoms with Gasteiger partial charge in [0.1, 0.15) is 5.76 Å². The van der Waals surface area contributed by atoms with Crippen LogP contribution in [0.25, 0.3) is 0 Å². The van der Waals surface area contributed by atoms with E-state index in [2.05, 4.69) is 5.32 Å². The molecule has 108 valence electrons. The maximum absolute atomic E-state index is 11.3. The molecule has 1 aliphatic rings. The van der Waals surface area contributed by atoms with Crippen molar-refractivity contribution in [2.45, 2.75) is 18.1 Å². The van der Waals surface area contributed by atoms with Crippen molar-refractivity contribution in [1.29, 1.82) is 0 Å². The van der Waals surface area contributed by atoms with Crippen LogP contribution in [-0.4, -0.2) is 34.9 Å². The van der Waals surface area contributed by atoms with Crippen LogP contribution < -0.4 is 10.5 Å². The van der Waals surface area contributed by atoms with Crippen LogP contribution in [0.4, 0.5) is 0 Å². The summed E-state index contributed by atoms with van der Waals surface area (Å²) in [7, 11) is -6.68. The fourth-order valence-electron chi connectivity index (χ4n) is 2.04. The number of rotatable bonds is 5. The fourth-order valence-corrected chi connectivity index (χ4v) is 4.38. The summed E-state index contributed by atoms with van der Waals surface area (Å²) in [5.74, 6) is 1.01. The van der Waals surface area contributed by atoms with Crippen molar-refractivity contribution < 1.29 is 21.3 Å². The van der Waals surface area contributed by atoms with E-state index < -0.39 is 19.9 Å². The largest absolute Gasteiger partial charge is 0.447 e. The van der Waals surface area contributed by atoms with E-state index in [-0.39, 0.29) is 22.5 Å². The molecule has 0 aromatic carbocycles. The summed E-state index contributed by atoms with van der Waals surface area (Å²) in [6.45, 7) is 0.900. The van der Waals surface area contributed by atoms with Crippen LogP contribution in [0.2, 0.25) is 0 Å². The van der Waals surface area contributed by atoms with Gasteiger partial charge in [-0.2, -0.15) is 0 Å². The summed E-state index contributed by atoms with van der Waals surface area (Å²) in [4.78, 5) is 0. The second-order valence-corrected chi connectivity index (χ2v) is 8.39. The van der Waals surface area contributed by atoms with E-state index in [1.165, 1.54) is 12.1 Å². The Hall–Kier alpha value is -0.900. The molecule has 1 aromatic heterocycles. The van der Waals surface area contributed by atoms with Gasteiger partial charge in [0.2, 0.25) is 5.09 Å². The molecular weight excluding hydrogens is 292 g/mol. The lowest BCUT2D eigenvalue weighted by atomic mass is 10.1. The van der Waals surface area contributed by atoms with Gasteiger partial charge in [0.25, 0.3) is 10.0 Å². The van der Waals surface area contributed by atoms with Crippen molar-refractivity contribution in [1.82, 2.24) is 5.32 Å². The average molecular weight is 308 g/mol. The van der Waals surface area contributed by atoms with E-state index in [1.54, 1.807) is 0 Å². The maximum atomic E-state index is 11.3. The highest BCUT2D eigenvalue weighted by Crippen LogP contribution is 2.18. The lowest BCUT2D eigenvalue weighted by molar-refractivity contribution is 0.395. The van der Waals surface area contributed by atoms with Gasteiger partial charge in [0.15, 0.2) is 9.84 Å². The topological polar surface area (TPSA) is 119 Å². The minimum absolute atomic E-state index is 0.109. The normalized spacial score (nSPS) is 22.7. The summed E-state index contributed by atoms with van der Waals surface area (Å²) in [5, 5.41) is 7.70. The van der Waals surface area contributed by atoms with Gasteiger partial charge in [-0.25, -0.2) is 22.0 Å². The molecule has 0 saturated carbocycles. The first kappa shape index (κ1) is 14.5.